The number of hydrogen-bond acceptors (Lipinski definition) is 7. The fraction of sp³-hybridized carbons (Fsp3) is 0.269. The first-order valence-electron chi connectivity index (χ1n) is 11.0. The zero-order valence-corrected chi connectivity index (χ0v) is 19.1. The van der Waals surface area contributed by atoms with Gasteiger partial charge in [-0.25, -0.2) is 8.42 Å². The van der Waals surface area contributed by atoms with Crippen LogP contribution in [0, 0.1) is 11.8 Å². The summed E-state index contributed by atoms with van der Waals surface area (Å²) in [6.07, 6.45) is -0.665. The molecule has 1 fully saturated rings. The molecule has 34 heavy (non-hydrogen) atoms. The van der Waals surface area contributed by atoms with E-state index < -0.39 is 45.6 Å². The third-order valence-corrected chi connectivity index (χ3v) is 8.61. The van der Waals surface area contributed by atoms with Gasteiger partial charge in [0.1, 0.15) is 6.10 Å². The largest absolute Gasteiger partial charge is 0.459 e. The van der Waals surface area contributed by atoms with Gasteiger partial charge in [-0.2, -0.15) is 0 Å². The highest BCUT2D eigenvalue weighted by molar-refractivity contribution is 7.91. The fourth-order valence-electron chi connectivity index (χ4n) is 4.84. The van der Waals surface area contributed by atoms with Crippen molar-refractivity contribution in [3.8, 4) is 11.5 Å². The van der Waals surface area contributed by atoms with E-state index in [-0.39, 0.29) is 11.7 Å². The molecule has 5 rings (SSSR count). The molecule has 0 aliphatic carbocycles. The zero-order chi connectivity index (χ0) is 23.7. The molecule has 0 amide bonds. The van der Waals surface area contributed by atoms with Crippen LogP contribution in [0.15, 0.2) is 83.8 Å². The summed E-state index contributed by atoms with van der Waals surface area (Å²) in [6.45, 7) is -0.428. The summed E-state index contributed by atoms with van der Waals surface area (Å²) in [4.78, 5) is 13.1. The lowest BCUT2D eigenvalue weighted by molar-refractivity contribution is -0.145. The van der Waals surface area contributed by atoms with Gasteiger partial charge in [0.15, 0.2) is 21.3 Å². The lowest BCUT2D eigenvalue weighted by Crippen LogP contribution is -2.35. The number of benzene rings is 3. The molecule has 4 atom stereocenters. The molecule has 0 bridgehead atoms. The number of sulfone groups is 1. The van der Waals surface area contributed by atoms with E-state index >= 15 is 0 Å². The van der Waals surface area contributed by atoms with Crippen LogP contribution in [-0.2, 0) is 25.8 Å². The molecule has 2 aliphatic heterocycles. The van der Waals surface area contributed by atoms with Crippen molar-refractivity contribution in [1.29, 1.82) is 0 Å². The second-order valence-electron chi connectivity index (χ2n) is 8.42. The second kappa shape index (κ2) is 9.12. The van der Waals surface area contributed by atoms with Gasteiger partial charge >= 0.3 is 5.97 Å². The van der Waals surface area contributed by atoms with Gasteiger partial charge < -0.3 is 19.3 Å². The van der Waals surface area contributed by atoms with Gasteiger partial charge in [-0.05, 0) is 41.8 Å². The van der Waals surface area contributed by atoms with E-state index in [4.69, 9.17) is 14.2 Å². The number of carbonyl (C=O) groups is 1. The summed E-state index contributed by atoms with van der Waals surface area (Å²) in [6, 6.07) is 22.5. The van der Waals surface area contributed by atoms with Crippen LogP contribution in [0.5, 0.6) is 11.5 Å². The minimum absolute atomic E-state index is 0.0514. The first-order valence-corrected chi connectivity index (χ1v) is 12.6. The third-order valence-electron chi connectivity index (χ3n) is 6.42. The number of carbonyl (C=O) groups excluding carboxylic acids is 1. The average molecular weight is 481 g/mol. The Morgan fingerprint density at radius 1 is 0.912 bits per heavy atom. The molecule has 2 heterocycles. The topological polar surface area (TPSA) is 99.1 Å². The molecule has 7 nitrogen and oxygen atoms in total. The van der Waals surface area contributed by atoms with E-state index in [9.17, 15) is 18.3 Å². The molecule has 1 N–H and O–H groups in total. The molecule has 176 valence electrons. The maximum absolute atomic E-state index is 14.1. The summed E-state index contributed by atoms with van der Waals surface area (Å²) < 4.78 is 44.6. The first-order chi connectivity index (χ1) is 16.5. The molecule has 0 aromatic heterocycles. The highest BCUT2D eigenvalue weighted by Crippen LogP contribution is 2.48. The molecular weight excluding hydrogens is 456 g/mol. The quantitative estimate of drug-likeness (QED) is 0.518. The van der Waals surface area contributed by atoms with Gasteiger partial charge in [0.25, 0.3) is 0 Å². The molecular formula is C26H24O7S. The van der Waals surface area contributed by atoms with Crippen LogP contribution < -0.4 is 9.47 Å². The Labute approximate surface area is 197 Å². The van der Waals surface area contributed by atoms with Crippen molar-refractivity contribution in [2.75, 3.05) is 13.4 Å². The normalized spacial score (nSPS) is 22.4. The first kappa shape index (κ1) is 22.4. The number of cyclic esters (lactones) is 1. The minimum Gasteiger partial charge on any atom is -0.459 e. The zero-order valence-electron chi connectivity index (χ0n) is 18.2. The Morgan fingerprint density at radius 2 is 1.59 bits per heavy atom. The molecule has 2 aliphatic rings. The van der Waals surface area contributed by atoms with Crippen LogP contribution >= 0.6 is 0 Å². The maximum Gasteiger partial charge on any atom is 0.310 e. The molecule has 0 unspecified atom stereocenters. The Hall–Kier alpha value is -3.36. The molecule has 0 saturated carbocycles. The minimum atomic E-state index is -3.99. The summed E-state index contributed by atoms with van der Waals surface area (Å²) in [5.74, 6) is -1.12. The Morgan fingerprint density at radius 3 is 2.29 bits per heavy atom. The van der Waals surface area contributed by atoms with Crippen LogP contribution in [0.4, 0.5) is 0 Å². The average Bonchev–Trinajstić information content (AvgIpc) is 3.45. The predicted molar refractivity (Wildman–Crippen MR) is 123 cm³/mol. The van der Waals surface area contributed by atoms with E-state index in [1.54, 1.807) is 36.4 Å². The standard InChI is InChI=1S/C26H24O7S/c27-15-23-24(20(26(28)33-23)13-17-7-3-1-4-8-17)25(34(29,30)19-9-5-2-6-10-19)18-11-12-21-22(14-18)32-16-31-21/h1-12,14,20,23-25,27H,13,15-16H2/t20-,23-,24-,25-/m1/s1. The maximum atomic E-state index is 14.1. The second-order valence-corrected chi connectivity index (χ2v) is 10.5. The Kier molecular flexibility index (Phi) is 6.02. The number of aliphatic hydroxyl groups excluding tert-OH is 1. The van der Waals surface area contributed by atoms with E-state index in [1.165, 1.54) is 12.1 Å². The van der Waals surface area contributed by atoms with E-state index in [0.29, 0.717) is 23.5 Å². The van der Waals surface area contributed by atoms with Crippen molar-refractivity contribution in [1.82, 2.24) is 0 Å². The van der Waals surface area contributed by atoms with Crippen molar-refractivity contribution in [3.63, 3.8) is 0 Å². The molecule has 3 aromatic rings. The lowest BCUT2D eigenvalue weighted by atomic mass is 9.81. The number of aliphatic hydroxyl groups is 1. The molecule has 3 aromatic carbocycles. The monoisotopic (exact) mass is 480 g/mol. The van der Waals surface area contributed by atoms with Gasteiger partial charge in [-0.3, -0.25) is 4.79 Å². The van der Waals surface area contributed by atoms with E-state index in [2.05, 4.69) is 0 Å². The van der Waals surface area contributed by atoms with Crippen LogP contribution in [0.1, 0.15) is 16.4 Å². The summed E-state index contributed by atoms with van der Waals surface area (Å²) in [5, 5.41) is 8.96. The summed E-state index contributed by atoms with van der Waals surface area (Å²) >= 11 is 0. The number of ether oxygens (including phenoxy) is 3. The van der Waals surface area contributed by atoms with Crippen molar-refractivity contribution >= 4 is 15.8 Å². The van der Waals surface area contributed by atoms with Crippen molar-refractivity contribution in [3.05, 3.63) is 90.0 Å². The highest BCUT2D eigenvalue weighted by Gasteiger charge is 2.53. The third kappa shape index (κ3) is 4.03. The van der Waals surface area contributed by atoms with Crippen LogP contribution in [-0.4, -0.2) is 39.0 Å². The van der Waals surface area contributed by atoms with Crippen molar-refractivity contribution in [2.24, 2.45) is 11.8 Å². The SMILES string of the molecule is O=C1O[C@H](CO)[C@H]([C@@H](c2ccc3c(c2)OCO3)S(=O)(=O)c2ccccc2)[C@H]1Cc1ccccc1. The summed E-state index contributed by atoms with van der Waals surface area (Å²) in [5.41, 5.74) is 1.34. The molecule has 8 heteroatoms. The Balaban J connectivity index is 1.65. The number of esters is 1. The number of fused-ring (bicyclic) bond motifs is 1. The van der Waals surface area contributed by atoms with Crippen LogP contribution in [0.25, 0.3) is 0 Å². The number of hydrogen-bond donors (Lipinski definition) is 1. The van der Waals surface area contributed by atoms with Crippen molar-refractivity contribution in [2.45, 2.75) is 22.7 Å². The van der Waals surface area contributed by atoms with E-state index in [0.717, 1.165) is 5.56 Å². The van der Waals surface area contributed by atoms with Gasteiger partial charge in [0.2, 0.25) is 6.79 Å². The molecule has 0 spiro atoms. The van der Waals surface area contributed by atoms with Crippen LogP contribution in [0.3, 0.4) is 0 Å². The smallest absolute Gasteiger partial charge is 0.310 e. The number of rotatable bonds is 7. The fourth-order valence-corrected chi connectivity index (χ4v) is 6.95. The molecule has 1 saturated heterocycles. The van der Waals surface area contributed by atoms with Crippen LogP contribution in [0.2, 0.25) is 0 Å². The van der Waals surface area contributed by atoms with Gasteiger partial charge in [0.05, 0.1) is 22.7 Å². The van der Waals surface area contributed by atoms with Gasteiger partial charge in [-0.15, -0.1) is 0 Å². The highest BCUT2D eigenvalue weighted by atomic mass is 32.2. The van der Waals surface area contributed by atoms with Gasteiger partial charge in [0, 0.05) is 5.92 Å². The van der Waals surface area contributed by atoms with Crippen molar-refractivity contribution < 1.29 is 32.5 Å². The molecule has 0 radical (unpaired) electrons. The summed E-state index contributed by atoms with van der Waals surface area (Å²) in [7, 11) is -3.99. The predicted octanol–water partition coefficient (Wildman–Crippen LogP) is 3.32. The van der Waals surface area contributed by atoms with Gasteiger partial charge in [-0.1, -0.05) is 54.6 Å². The lowest BCUT2D eigenvalue weighted by Gasteiger charge is -2.29. The Bertz CT molecular complexity index is 1280. The van der Waals surface area contributed by atoms with E-state index in [1.807, 2.05) is 30.3 Å².